The fraction of sp³-hybridized carbons (Fsp3) is 0.714. The molecule has 0 aliphatic heterocycles. The molecule has 120 valence electrons. The zero-order valence-corrected chi connectivity index (χ0v) is 15.2. The van der Waals surface area contributed by atoms with Crippen LogP contribution in [0.25, 0.3) is 0 Å². The summed E-state index contributed by atoms with van der Waals surface area (Å²) in [6.45, 7) is 8.83. The van der Waals surface area contributed by atoms with Crippen LogP contribution in [0.1, 0.15) is 32.2 Å². The number of nitrogens with zero attached hydrogens (tertiary/aromatic N) is 3. The molecule has 1 rings (SSSR count). The molecule has 0 aromatic carbocycles. The Hall–Kier alpha value is -1.08. The summed E-state index contributed by atoms with van der Waals surface area (Å²) in [7, 11) is 3.57. The molecule has 0 saturated heterocycles. The predicted molar refractivity (Wildman–Crippen MR) is 84.2 cm³/mol. The average molecular weight is 362 g/mol. The van der Waals surface area contributed by atoms with Gasteiger partial charge in [-0.3, -0.25) is 4.68 Å². The van der Waals surface area contributed by atoms with E-state index < -0.39 is 5.60 Å². The standard InChI is InChI=1S/C14H24BrN3O3/c1-10-12(15)11(18(6)16-10)9-20-8-7-17(5)13(19)21-14(2,3)4/h7-9H2,1-6H3. The van der Waals surface area contributed by atoms with Crippen LogP contribution < -0.4 is 0 Å². The van der Waals surface area contributed by atoms with Gasteiger partial charge in [-0.2, -0.15) is 5.10 Å². The van der Waals surface area contributed by atoms with Gasteiger partial charge in [0, 0.05) is 20.6 Å². The minimum atomic E-state index is -0.483. The van der Waals surface area contributed by atoms with E-state index in [0.717, 1.165) is 15.9 Å². The Balaban J connectivity index is 2.35. The van der Waals surface area contributed by atoms with E-state index in [1.54, 1.807) is 11.7 Å². The number of amides is 1. The van der Waals surface area contributed by atoms with Crippen LogP contribution in [0, 0.1) is 6.92 Å². The predicted octanol–water partition coefficient (Wildman–Crippen LogP) is 2.87. The van der Waals surface area contributed by atoms with Crippen LogP contribution in [0.4, 0.5) is 4.79 Å². The molecule has 1 heterocycles. The third kappa shape index (κ3) is 5.67. The molecule has 0 bridgehead atoms. The van der Waals surface area contributed by atoms with Crippen molar-refractivity contribution in [2.45, 2.75) is 39.9 Å². The second-order valence-corrected chi connectivity index (χ2v) is 6.72. The van der Waals surface area contributed by atoms with Crippen LogP contribution in [-0.2, 0) is 23.1 Å². The van der Waals surface area contributed by atoms with E-state index in [0.29, 0.717) is 19.8 Å². The number of ether oxygens (including phenoxy) is 2. The molecule has 0 atom stereocenters. The Labute approximate surface area is 134 Å². The van der Waals surface area contributed by atoms with Crippen LogP contribution in [0.5, 0.6) is 0 Å². The third-order valence-corrected chi connectivity index (χ3v) is 3.81. The SMILES string of the molecule is Cc1nn(C)c(COCCN(C)C(=O)OC(C)(C)C)c1Br. The smallest absolute Gasteiger partial charge is 0.410 e. The van der Waals surface area contributed by atoms with E-state index in [1.165, 1.54) is 4.90 Å². The van der Waals surface area contributed by atoms with Gasteiger partial charge < -0.3 is 14.4 Å². The first-order valence-corrected chi connectivity index (χ1v) is 7.61. The molecule has 0 aliphatic carbocycles. The molecule has 0 aliphatic rings. The molecule has 1 amide bonds. The lowest BCUT2D eigenvalue weighted by Crippen LogP contribution is -2.36. The van der Waals surface area contributed by atoms with Gasteiger partial charge in [-0.15, -0.1) is 0 Å². The highest BCUT2D eigenvalue weighted by Gasteiger charge is 2.19. The van der Waals surface area contributed by atoms with Crippen LogP contribution >= 0.6 is 15.9 Å². The largest absolute Gasteiger partial charge is 0.444 e. The summed E-state index contributed by atoms with van der Waals surface area (Å²) >= 11 is 3.49. The number of rotatable bonds is 5. The van der Waals surface area contributed by atoms with E-state index >= 15 is 0 Å². The number of carbonyl (C=O) groups excluding carboxylic acids is 1. The number of halogens is 1. The molecule has 0 N–H and O–H groups in total. The van der Waals surface area contributed by atoms with E-state index in [1.807, 2.05) is 34.7 Å². The molecule has 6 nitrogen and oxygen atoms in total. The Morgan fingerprint density at radius 1 is 1.43 bits per heavy atom. The number of aryl methyl sites for hydroxylation is 2. The maximum absolute atomic E-state index is 11.8. The van der Waals surface area contributed by atoms with Gasteiger partial charge in [0.25, 0.3) is 0 Å². The highest BCUT2D eigenvalue weighted by Crippen LogP contribution is 2.20. The van der Waals surface area contributed by atoms with Crippen molar-refractivity contribution in [2.24, 2.45) is 7.05 Å². The average Bonchev–Trinajstić information content (AvgIpc) is 2.57. The van der Waals surface area contributed by atoms with Gasteiger partial charge in [0.2, 0.25) is 0 Å². The van der Waals surface area contributed by atoms with Crippen LogP contribution in [-0.4, -0.2) is 46.6 Å². The topological polar surface area (TPSA) is 56.6 Å². The highest BCUT2D eigenvalue weighted by atomic mass is 79.9. The summed E-state index contributed by atoms with van der Waals surface area (Å²) in [5.41, 5.74) is 1.43. The second-order valence-electron chi connectivity index (χ2n) is 5.92. The first-order valence-electron chi connectivity index (χ1n) is 6.81. The summed E-state index contributed by atoms with van der Waals surface area (Å²) in [4.78, 5) is 13.3. The number of carbonyl (C=O) groups is 1. The Bertz CT molecular complexity index is 494. The van der Waals surface area contributed by atoms with Crippen molar-refractivity contribution in [3.8, 4) is 0 Å². The zero-order valence-electron chi connectivity index (χ0n) is 13.6. The lowest BCUT2D eigenvalue weighted by Gasteiger charge is -2.24. The monoisotopic (exact) mass is 361 g/mol. The first kappa shape index (κ1) is 18.0. The normalized spacial score (nSPS) is 11.6. The second kappa shape index (κ2) is 7.26. The van der Waals surface area contributed by atoms with Crippen molar-refractivity contribution in [3.05, 3.63) is 15.9 Å². The van der Waals surface area contributed by atoms with Crippen molar-refractivity contribution < 1.29 is 14.3 Å². The van der Waals surface area contributed by atoms with Crippen molar-refractivity contribution in [1.82, 2.24) is 14.7 Å². The minimum Gasteiger partial charge on any atom is -0.444 e. The zero-order chi connectivity index (χ0) is 16.2. The minimum absolute atomic E-state index is 0.344. The summed E-state index contributed by atoms with van der Waals surface area (Å²) < 4.78 is 13.6. The maximum Gasteiger partial charge on any atom is 0.410 e. The third-order valence-electron chi connectivity index (χ3n) is 2.78. The molecule has 0 unspecified atom stereocenters. The molecular weight excluding hydrogens is 338 g/mol. The number of hydrogen-bond acceptors (Lipinski definition) is 4. The van der Waals surface area contributed by atoms with E-state index in [-0.39, 0.29) is 6.09 Å². The van der Waals surface area contributed by atoms with Crippen molar-refractivity contribution in [2.75, 3.05) is 20.2 Å². The molecule has 1 aromatic rings. The van der Waals surface area contributed by atoms with Crippen molar-refractivity contribution in [3.63, 3.8) is 0 Å². The molecule has 0 spiro atoms. The number of aromatic nitrogens is 2. The highest BCUT2D eigenvalue weighted by molar-refractivity contribution is 9.10. The number of likely N-dealkylation sites (N-methyl/N-ethyl adjacent to an activating group) is 1. The Kier molecular flexibility index (Phi) is 6.22. The molecule has 21 heavy (non-hydrogen) atoms. The summed E-state index contributed by atoms with van der Waals surface area (Å²) in [6.07, 6.45) is -0.344. The quantitative estimate of drug-likeness (QED) is 0.756. The lowest BCUT2D eigenvalue weighted by molar-refractivity contribution is 0.0217. The molecule has 0 radical (unpaired) electrons. The summed E-state index contributed by atoms with van der Waals surface area (Å²) in [6, 6.07) is 0. The Morgan fingerprint density at radius 3 is 2.52 bits per heavy atom. The van der Waals surface area contributed by atoms with Gasteiger partial charge in [0.1, 0.15) is 5.60 Å². The van der Waals surface area contributed by atoms with Crippen LogP contribution in [0.2, 0.25) is 0 Å². The van der Waals surface area contributed by atoms with Crippen LogP contribution in [0.3, 0.4) is 0 Å². The van der Waals surface area contributed by atoms with Gasteiger partial charge in [0.05, 0.1) is 29.1 Å². The van der Waals surface area contributed by atoms with Gasteiger partial charge in [-0.1, -0.05) is 0 Å². The van der Waals surface area contributed by atoms with Crippen molar-refractivity contribution in [1.29, 1.82) is 0 Å². The first-order chi connectivity index (χ1) is 9.61. The number of hydrogen-bond donors (Lipinski definition) is 0. The summed E-state index contributed by atoms with van der Waals surface area (Å²) in [5, 5.41) is 4.30. The van der Waals surface area contributed by atoms with E-state index in [2.05, 4.69) is 21.0 Å². The lowest BCUT2D eigenvalue weighted by atomic mass is 10.2. The van der Waals surface area contributed by atoms with E-state index in [4.69, 9.17) is 9.47 Å². The van der Waals surface area contributed by atoms with Gasteiger partial charge in [-0.25, -0.2) is 4.79 Å². The van der Waals surface area contributed by atoms with Gasteiger partial charge in [0.15, 0.2) is 0 Å². The van der Waals surface area contributed by atoms with Gasteiger partial charge >= 0.3 is 6.09 Å². The van der Waals surface area contributed by atoms with E-state index in [9.17, 15) is 4.79 Å². The Morgan fingerprint density at radius 2 is 2.05 bits per heavy atom. The molecule has 0 fully saturated rings. The fourth-order valence-electron chi connectivity index (χ4n) is 1.64. The fourth-order valence-corrected chi connectivity index (χ4v) is 2.09. The van der Waals surface area contributed by atoms with Crippen molar-refractivity contribution >= 4 is 22.0 Å². The molecular formula is C14H24BrN3O3. The summed E-state index contributed by atoms with van der Waals surface area (Å²) in [5.74, 6) is 0. The molecule has 7 heteroatoms. The van der Waals surface area contributed by atoms with Crippen LogP contribution in [0.15, 0.2) is 4.47 Å². The molecule has 1 aromatic heterocycles. The van der Waals surface area contributed by atoms with Gasteiger partial charge in [-0.05, 0) is 43.6 Å². The maximum atomic E-state index is 11.8. The molecule has 0 saturated carbocycles.